The molecule has 1 amide bonds. The van der Waals surface area contributed by atoms with E-state index in [2.05, 4.69) is 10.3 Å². The van der Waals surface area contributed by atoms with E-state index in [1.54, 1.807) is 42.9 Å². The lowest BCUT2D eigenvalue weighted by atomic mass is 10.0. The zero-order valence-electron chi connectivity index (χ0n) is 12.2. The molecule has 0 unspecified atom stereocenters. The lowest BCUT2D eigenvalue weighted by Gasteiger charge is -2.17. The second kappa shape index (κ2) is 5.24. The Morgan fingerprint density at radius 2 is 2.09 bits per heavy atom. The third kappa shape index (κ3) is 2.55. The van der Waals surface area contributed by atoms with Crippen LogP contribution in [0.25, 0.3) is 5.65 Å². The molecule has 6 heteroatoms. The van der Waals surface area contributed by atoms with Crippen LogP contribution in [0.3, 0.4) is 0 Å². The minimum atomic E-state index is -0.461. The van der Waals surface area contributed by atoms with E-state index in [1.807, 2.05) is 10.5 Å². The number of fused-ring (bicyclic) bond motifs is 2. The summed E-state index contributed by atoms with van der Waals surface area (Å²) in [5, 5.41) is 2.79. The lowest BCUT2D eigenvalue weighted by molar-refractivity contribution is -0.116. The van der Waals surface area contributed by atoms with Gasteiger partial charge in [0.1, 0.15) is 11.4 Å². The number of amides is 1. The molecular weight excluding hydrogens is 294 g/mol. The van der Waals surface area contributed by atoms with E-state index >= 15 is 0 Å². The number of carbonyl (C=O) groups excluding carboxylic acids is 2. The van der Waals surface area contributed by atoms with Gasteiger partial charge in [0, 0.05) is 36.8 Å². The van der Waals surface area contributed by atoms with Crippen molar-refractivity contribution in [1.82, 2.24) is 9.38 Å². The average molecular weight is 307 g/mol. The quantitative estimate of drug-likeness (QED) is 0.583. The van der Waals surface area contributed by atoms with Gasteiger partial charge in [-0.2, -0.15) is 0 Å². The fraction of sp³-hybridized carbons (Fsp3) is 0.118. The number of aryl methyl sites for hydroxylation is 1. The number of anilines is 1. The van der Waals surface area contributed by atoms with Crippen LogP contribution < -0.4 is 10.1 Å². The molecule has 0 fully saturated rings. The summed E-state index contributed by atoms with van der Waals surface area (Å²) < 4.78 is 7.21. The Morgan fingerprint density at radius 3 is 3.00 bits per heavy atom. The topological polar surface area (TPSA) is 72.7 Å². The van der Waals surface area contributed by atoms with Crippen molar-refractivity contribution in [1.29, 1.82) is 0 Å². The molecule has 0 saturated heterocycles. The first-order chi connectivity index (χ1) is 11.2. The van der Waals surface area contributed by atoms with Crippen LogP contribution in [0.5, 0.6) is 5.75 Å². The van der Waals surface area contributed by atoms with Gasteiger partial charge in [0.25, 0.3) is 0 Å². The van der Waals surface area contributed by atoms with E-state index in [4.69, 9.17) is 4.74 Å². The fourth-order valence-corrected chi connectivity index (χ4v) is 2.62. The summed E-state index contributed by atoms with van der Waals surface area (Å²) in [6.45, 7) is 0. The first-order valence-electron chi connectivity index (χ1n) is 7.27. The number of esters is 1. The molecule has 0 radical (unpaired) electrons. The predicted molar refractivity (Wildman–Crippen MR) is 83.5 cm³/mol. The van der Waals surface area contributed by atoms with Gasteiger partial charge in [-0.3, -0.25) is 4.79 Å². The fourth-order valence-electron chi connectivity index (χ4n) is 2.62. The number of aromatic nitrogens is 2. The summed E-state index contributed by atoms with van der Waals surface area (Å²) in [4.78, 5) is 27.9. The number of nitrogens with one attached hydrogen (secondary N) is 1. The minimum Gasteiger partial charge on any atom is -0.423 e. The minimum absolute atomic E-state index is 0.0225. The highest BCUT2D eigenvalue weighted by molar-refractivity contribution is 5.95. The van der Waals surface area contributed by atoms with E-state index in [-0.39, 0.29) is 5.91 Å². The Bertz CT molecular complexity index is 930. The second-order valence-corrected chi connectivity index (χ2v) is 5.36. The third-order valence-electron chi connectivity index (χ3n) is 3.82. The van der Waals surface area contributed by atoms with Crippen LogP contribution in [0.15, 0.2) is 48.9 Å². The molecule has 1 aliphatic rings. The summed E-state index contributed by atoms with van der Waals surface area (Å²) >= 11 is 0. The van der Waals surface area contributed by atoms with E-state index in [1.165, 1.54) is 0 Å². The van der Waals surface area contributed by atoms with Crippen LogP contribution in [0.4, 0.5) is 5.69 Å². The summed E-state index contributed by atoms with van der Waals surface area (Å²) in [7, 11) is 0. The summed E-state index contributed by atoms with van der Waals surface area (Å²) in [5.41, 5.74) is 2.85. The summed E-state index contributed by atoms with van der Waals surface area (Å²) in [6, 6.07) is 8.63. The van der Waals surface area contributed by atoms with Crippen molar-refractivity contribution < 1.29 is 14.3 Å². The first-order valence-corrected chi connectivity index (χ1v) is 7.27. The summed E-state index contributed by atoms with van der Waals surface area (Å²) in [5.74, 6) is -0.0810. The van der Waals surface area contributed by atoms with Gasteiger partial charge in [0.2, 0.25) is 5.91 Å². The first kappa shape index (κ1) is 13.5. The van der Waals surface area contributed by atoms with Gasteiger partial charge in [0.05, 0.1) is 5.56 Å². The molecule has 114 valence electrons. The molecule has 2 aromatic heterocycles. The smallest absolute Gasteiger partial charge is 0.343 e. The van der Waals surface area contributed by atoms with Crippen LogP contribution in [0.2, 0.25) is 0 Å². The van der Waals surface area contributed by atoms with E-state index in [0.717, 1.165) is 5.56 Å². The maximum atomic E-state index is 12.3. The number of ether oxygens (including phenoxy) is 1. The molecule has 0 spiro atoms. The van der Waals surface area contributed by atoms with E-state index in [0.29, 0.717) is 35.5 Å². The number of hydrogen-bond donors (Lipinski definition) is 1. The number of carbonyl (C=O) groups is 2. The third-order valence-corrected chi connectivity index (χ3v) is 3.82. The highest BCUT2D eigenvalue weighted by Gasteiger charge is 2.16. The van der Waals surface area contributed by atoms with Crippen LogP contribution in [-0.2, 0) is 11.2 Å². The number of pyridine rings is 1. The molecule has 0 aliphatic carbocycles. The van der Waals surface area contributed by atoms with Crippen molar-refractivity contribution >= 4 is 23.2 Å². The second-order valence-electron chi connectivity index (χ2n) is 5.36. The highest BCUT2D eigenvalue weighted by atomic mass is 16.5. The van der Waals surface area contributed by atoms with Crippen molar-refractivity contribution in [3.8, 4) is 5.75 Å². The Kier molecular flexibility index (Phi) is 3.08. The average Bonchev–Trinajstić information content (AvgIpc) is 3.02. The van der Waals surface area contributed by atoms with Crippen molar-refractivity contribution in [3.63, 3.8) is 0 Å². The molecule has 0 atom stereocenters. The van der Waals surface area contributed by atoms with Crippen LogP contribution >= 0.6 is 0 Å². The SMILES string of the molecule is O=C1CCc2ccc(OC(=O)c3ccn4ccnc4c3)cc2N1. The Morgan fingerprint density at radius 1 is 1.17 bits per heavy atom. The standard InChI is InChI=1S/C17H13N3O3/c21-16-4-2-11-1-3-13(10-14(11)19-16)23-17(22)12-5-7-20-8-6-18-15(20)9-12/h1,3,5-10H,2,4H2,(H,19,21). The largest absolute Gasteiger partial charge is 0.423 e. The number of nitrogens with zero attached hydrogens (tertiary/aromatic N) is 2. The van der Waals surface area contributed by atoms with Crippen molar-refractivity contribution in [2.24, 2.45) is 0 Å². The van der Waals surface area contributed by atoms with Gasteiger partial charge in [-0.25, -0.2) is 9.78 Å². The van der Waals surface area contributed by atoms with Gasteiger partial charge in [0.15, 0.2) is 0 Å². The molecule has 0 bridgehead atoms. The Balaban J connectivity index is 1.58. The van der Waals surface area contributed by atoms with Crippen molar-refractivity contribution in [2.75, 3.05) is 5.32 Å². The molecule has 6 nitrogen and oxygen atoms in total. The number of benzene rings is 1. The van der Waals surface area contributed by atoms with Gasteiger partial charge in [-0.1, -0.05) is 6.07 Å². The molecular formula is C17H13N3O3. The van der Waals surface area contributed by atoms with Crippen LogP contribution in [-0.4, -0.2) is 21.3 Å². The molecule has 3 aromatic rings. The van der Waals surface area contributed by atoms with Crippen molar-refractivity contribution in [2.45, 2.75) is 12.8 Å². The molecule has 4 rings (SSSR count). The molecule has 3 heterocycles. The molecule has 1 N–H and O–H groups in total. The number of hydrogen-bond acceptors (Lipinski definition) is 4. The zero-order chi connectivity index (χ0) is 15.8. The molecule has 1 aromatic carbocycles. The van der Waals surface area contributed by atoms with E-state index < -0.39 is 5.97 Å². The molecule has 23 heavy (non-hydrogen) atoms. The predicted octanol–water partition coefficient (Wildman–Crippen LogP) is 2.44. The number of imidazole rings is 1. The number of rotatable bonds is 2. The lowest BCUT2D eigenvalue weighted by Crippen LogP contribution is -2.19. The normalized spacial score (nSPS) is 13.5. The Labute approximate surface area is 131 Å². The van der Waals surface area contributed by atoms with Crippen LogP contribution in [0, 0.1) is 0 Å². The van der Waals surface area contributed by atoms with E-state index in [9.17, 15) is 9.59 Å². The van der Waals surface area contributed by atoms with Crippen molar-refractivity contribution in [3.05, 3.63) is 60.0 Å². The Hall–Kier alpha value is -3.15. The monoisotopic (exact) mass is 307 g/mol. The van der Waals surface area contributed by atoms with Crippen LogP contribution in [0.1, 0.15) is 22.3 Å². The van der Waals surface area contributed by atoms with Gasteiger partial charge >= 0.3 is 5.97 Å². The maximum Gasteiger partial charge on any atom is 0.343 e. The van der Waals surface area contributed by atoms with Gasteiger partial charge < -0.3 is 14.5 Å². The molecule has 1 aliphatic heterocycles. The van der Waals surface area contributed by atoms with Gasteiger partial charge in [-0.05, 0) is 30.2 Å². The highest BCUT2D eigenvalue weighted by Crippen LogP contribution is 2.27. The molecule has 0 saturated carbocycles. The maximum absolute atomic E-state index is 12.3. The summed E-state index contributed by atoms with van der Waals surface area (Å²) in [6.07, 6.45) is 6.40. The van der Waals surface area contributed by atoms with Gasteiger partial charge in [-0.15, -0.1) is 0 Å². The zero-order valence-corrected chi connectivity index (χ0v) is 12.2.